The van der Waals surface area contributed by atoms with Crippen LogP contribution in [0.2, 0.25) is 0 Å². The predicted molar refractivity (Wildman–Crippen MR) is 88.2 cm³/mol. The maximum atomic E-state index is 5.21. The van der Waals surface area contributed by atoms with Crippen molar-refractivity contribution in [2.75, 3.05) is 7.11 Å². The Morgan fingerprint density at radius 1 is 1.05 bits per heavy atom. The van der Waals surface area contributed by atoms with Crippen LogP contribution in [0.4, 0.5) is 0 Å². The number of hydrogen-bond acceptors (Lipinski definition) is 2. The summed E-state index contributed by atoms with van der Waals surface area (Å²) in [6.45, 7) is 4.81. The molecule has 1 aromatic carbocycles. The standard InChI is InChI=1S/C19H27NO/c1-14-8-17-9-15(2)11-19(10-14,12-17)20-13-16-4-6-18(21-3)7-5-16/h4-7,13-15,17H,8-12H2,1-3H3/b20-13+. The van der Waals surface area contributed by atoms with Gasteiger partial charge in [-0.3, -0.25) is 4.99 Å². The lowest BCUT2D eigenvalue weighted by atomic mass is 9.61. The first-order chi connectivity index (χ1) is 10.1. The van der Waals surface area contributed by atoms with Crippen LogP contribution >= 0.6 is 0 Å². The van der Waals surface area contributed by atoms with Crippen LogP contribution in [-0.2, 0) is 0 Å². The second-order valence-corrected chi connectivity index (χ2v) is 7.42. The van der Waals surface area contributed by atoms with Crippen LogP contribution in [0.5, 0.6) is 5.75 Å². The predicted octanol–water partition coefficient (Wildman–Crippen LogP) is 4.72. The number of benzene rings is 1. The molecule has 21 heavy (non-hydrogen) atoms. The van der Waals surface area contributed by atoms with E-state index in [0.717, 1.165) is 23.5 Å². The molecular weight excluding hydrogens is 258 g/mol. The zero-order valence-electron chi connectivity index (χ0n) is 13.5. The van der Waals surface area contributed by atoms with Gasteiger partial charge in [-0.2, -0.15) is 0 Å². The molecule has 2 nitrogen and oxygen atoms in total. The van der Waals surface area contributed by atoms with Gasteiger partial charge in [-0.15, -0.1) is 0 Å². The molecule has 2 aliphatic rings. The molecule has 2 atom stereocenters. The van der Waals surface area contributed by atoms with E-state index in [-0.39, 0.29) is 5.54 Å². The highest BCUT2D eigenvalue weighted by atomic mass is 16.5. The van der Waals surface area contributed by atoms with Gasteiger partial charge in [0.15, 0.2) is 0 Å². The number of nitrogens with zero attached hydrogens (tertiary/aromatic N) is 1. The molecule has 0 aliphatic heterocycles. The quantitative estimate of drug-likeness (QED) is 0.736. The van der Waals surface area contributed by atoms with Gasteiger partial charge in [-0.1, -0.05) is 13.8 Å². The smallest absolute Gasteiger partial charge is 0.118 e. The van der Waals surface area contributed by atoms with Crippen LogP contribution in [0.25, 0.3) is 0 Å². The lowest BCUT2D eigenvalue weighted by Crippen LogP contribution is -2.43. The lowest BCUT2D eigenvalue weighted by Gasteiger charge is -2.47. The number of methoxy groups -OCH3 is 1. The molecular formula is C19H27NO. The monoisotopic (exact) mass is 285 g/mol. The summed E-state index contributed by atoms with van der Waals surface area (Å²) in [5.74, 6) is 3.45. The van der Waals surface area contributed by atoms with Crippen molar-refractivity contribution in [3.8, 4) is 5.75 Å². The van der Waals surface area contributed by atoms with E-state index in [1.54, 1.807) is 7.11 Å². The molecule has 2 saturated carbocycles. The number of hydrogen-bond donors (Lipinski definition) is 0. The highest BCUT2D eigenvalue weighted by Crippen LogP contribution is 2.49. The Hall–Kier alpha value is -1.31. The van der Waals surface area contributed by atoms with Gasteiger partial charge in [0.25, 0.3) is 0 Å². The molecule has 2 aliphatic carbocycles. The molecule has 2 fully saturated rings. The number of fused-ring (bicyclic) bond motifs is 2. The fraction of sp³-hybridized carbons (Fsp3) is 0.632. The minimum absolute atomic E-state index is 0.208. The minimum atomic E-state index is 0.208. The summed E-state index contributed by atoms with van der Waals surface area (Å²) in [7, 11) is 1.70. The van der Waals surface area contributed by atoms with E-state index < -0.39 is 0 Å². The van der Waals surface area contributed by atoms with Gasteiger partial charge >= 0.3 is 0 Å². The van der Waals surface area contributed by atoms with Gasteiger partial charge in [0.2, 0.25) is 0 Å². The van der Waals surface area contributed by atoms with Crippen LogP contribution in [0.15, 0.2) is 29.3 Å². The first-order valence-electron chi connectivity index (χ1n) is 8.28. The Balaban J connectivity index is 1.78. The molecule has 0 aromatic heterocycles. The van der Waals surface area contributed by atoms with Crippen LogP contribution in [0.3, 0.4) is 0 Å². The topological polar surface area (TPSA) is 21.6 Å². The average Bonchev–Trinajstić information content (AvgIpc) is 2.44. The van der Waals surface area contributed by atoms with E-state index in [4.69, 9.17) is 9.73 Å². The maximum absolute atomic E-state index is 5.21. The molecule has 0 heterocycles. The van der Waals surface area contributed by atoms with Crippen molar-refractivity contribution in [2.24, 2.45) is 22.7 Å². The van der Waals surface area contributed by atoms with Crippen LogP contribution in [0.1, 0.15) is 51.5 Å². The van der Waals surface area contributed by atoms with Gasteiger partial charge in [0.1, 0.15) is 5.75 Å². The zero-order valence-corrected chi connectivity index (χ0v) is 13.5. The van der Waals surface area contributed by atoms with E-state index in [1.165, 1.54) is 37.7 Å². The van der Waals surface area contributed by atoms with Crippen molar-refractivity contribution in [3.63, 3.8) is 0 Å². The van der Waals surface area contributed by atoms with E-state index >= 15 is 0 Å². The Labute approximate surface area is 128 Å². The zero-order chi connectivity index (χ0) is 14.9. The fourth-order valence-electron chi connectivity index (χ4n) is 4.71. The molecule has 2 bridgehead atoms. The molecule has 2 heteroatoms. The Morgan fingerprint density at radius 3 is 2.24 bits per heavy atom. The molecule has 114 valence electrons. The molecule has 0 spiro atoms. The highest BCUT2D eigenvalue weighted by Gasteiger charge is 2.43. The second kappa shape index (κ2) is 5.82. The van der Waals surface area contributed by atoms with Crippen LogP contribution < -0.4 is 4.74 Å². The first kappa shape index (κ1) is 14.6. The van der Waals surface area contributed by atoms with Crippen molar-refractivity contribution in [2.45, 2.75) is 51.5 Å². The summed E-state index contributed by atoms with van der Waals surface area (Å²) in [4.78, 5) is 5.10. The number of ether oxygens (including phenoxy) is 1. The van der Waals surface area contributed by atoms with Crippen molar-refractivity contribution < 1.29 is 4.74 Å². The van der Waals surface area contributed by atoms with E-state index in [1.807, 2.05) is 12.1 Å². The molecule has 3 rings (SSSR count). The molecule has 0 amide bonds. The summed E-state index contributed by atoms with van der Waals surface area (Å²) in [6.07, 6.45) is 8.73. The SMILES string of the molecule is COc1ccc(/C=N/C23CC(C)CC(CC(C)C2)C3)cc1. The highest BCUT2D eigenvalue weighted by molar-refractivity contribution is 5.80. The van der Waals surface area contributed by atoms with E-state index in [0.29, 0.717) is 0 Å². The van der Waals surface area contributed by atoms with Crippen molar-refractivity contribution in [1.82, 2.24) is 0 Å². The lowest BCUT2D eigenvalue weighted by molar-refractivity contribution is 0.0858. The second-order valence-electron chi connectivity index (χ2n) is 7.42. The molecule has 0 saturated heterocycles. The summed E-state index contributed by atoms with van der Waals surface area (Å²) in [6, 6.07) is 8.20. The van der Waals surface area contributed by atoms with Gasteiger partial charge in [0, 0.05) is 6.21 Å². The van der Waals surface area contributed by atoms with Gasteiger partial charge < -0.3 is 4.74 Å². The maximum Gasteiger partial charge on any atom is 0.118 e. The minimum Gasteiger partial charge on any atom is -0.497 e. The third-order valence-corrected chi connectivity index (χ3v) is 5.20. The Morgan fingerprint density at radius 2 is 1.67 bits per heavy atom. The summed E-state index contributed by atoms with van der Waals surface area (Å²) in [5, 5.41) is 0. The Kier molecular flexibility index (Phi) is 4.05. The summed E-state index contributed by atoms with van der Waals surface area (Å²) >= 11 is 0. The van der Waals surface area contributed by atoms with Crippen molar-refractivity contribution in [1.29, 1.82) is 0 Å². The van der Waals surface area contributed by atoms with E-state index in [2.05, 4.69) is 32.2 Å². The third-order valence-electron chi connectivity index (χ3n) is 5.20. The van der Waals surface area contributed by atoms with Crippen LogP contribution in [-0.4, -0.2) is 18.9 Å². The average molecular weight is 285 g/mol. The van der Waals surface area contributed by atoms with Gasteiger partial charge in [0.05, 0.1) is 12.6 Å². The summed E-state index contributed by atoms with van der Waals surface area (Å²) < 4.78 is 5.21. The molecule has 0 N–H and O–H groups in total. The van der Waals surface area contributed by atoms with Crippen molar-refractivity contribution in [3.05, 3.63) is 29.8 Å². The molecule has 2 unspecified atom stereocenters. The van der Waals surface area contributed by atoms with Gasteiger partial charge in [-0.25, -0.2) is 0 Å². The number of aliphatic imine (C=N–C) groups is 1. The summed E-state index contributed by atoms with van der Waals surface area (Å²) in [5.41, 5.74) is 1.39. The van der Waals surface area contributed by atoms with E-state index in [9.17, 15) is 0 Å². The molecule has 1 aromatic rings. The number of rotatable bonds is 3. The third kappa shape index (κ3) is 3.30. The fourth-order valence-corrected chi connectivity index (χ4v) is 4.71. The largest absolute Gasteiger partial charge is 0.497 e. The van der Waals surface area contributed by atoms with Gasteiger partial charge in [-0.05, 0) is 79.7 Å². The normalized spacial score (nSPS) is 35.9. The van der Waals surface area contributed by atoms with Crippen molar-refractivity contribution >= 4 is 6.21 Å². The molecule has 0 radical (unpaired) electrons. The van der Waals surface area contributed by atoms with Crippen LogP contribution in [0, 0.1) is 17.8 Å². The first-order valence-corrected chi connectivity index (χ1v) is 8.28. The Bertz CT molecular complexity index is 485.